The zero-order chi connectivity index (χ0) is 14.4. The zero-order valence-electron chi connectivity index (χ0n) is 12.7. The predicted molar refractivity (Wildman–Crippen MR) is 79.9 cm³/mol. The lowest BCUT2D eigenvalue weighted by Crippen LogP contribution is -2.34. The molecular weight excluding hydrogens is 252 g/mol. The molecule has 4 nitrogen and oxygen atoms in total. The maximum Gasteiger partial charge on any atom is 0.251 e. The molecule has 1 aliphatic rings. The molecule has 0 saturated heterocycles. The summed E-state index contributed by atoms with van der Waals surface area (Å²) < 4.78 is 6.09. The van der Waals surface area contributed by atoms with E-state index in [0.29, 0.717) is 6.61 Å². The lowest BCUT2D eigenvalue weighted by atomic mass is 9.92. The van der Waals surface area contributed by atoms with Crippen LogP contribution in [-0.2, 0) is 16.8 Å². The fraction of sp³-hybridized carbons (Fsp3) is 0.750. The van der Waals surface area contributed by atoms with Crippen LogP contribution in [0.15, 0.2) is 10.9 Å². The number of H-pyrrole nitrogens is 1. The van der Waals surface area contributed by atoms with Crippen molar-refractivity contribution in [1.29, 1.82) is 0 Å². The van der Waals surface area contributed by atoms with Gasteiger partial charge in [0, 0.05) is 18.4 Å². The van der Waals surface area contributed by atoms with E-state index in [1.807, 2.05) is 6.92 Å². The molecule has 0 aromatic carbocycles. The van der Waals surface area contributed by atoms with Gasteiger partial charge in [-0.05, 0) is 26.2 Å². The van der Waals surface area contributed by atoms with Crippen molar-refractivity contribution in [2.24, 2.45) is 0 Å². The Balaban J connectivity index is 2.39. The Labute approximate surface area is 121 Å². The van der Waals surface area contributed by atoms with Crippen LogP contribution in [0, 0.1) is 0 Å². The molecule has 0 bridgehead atoms. The molecule has 0 radical (unpaired) electrons. The van der Waals surface area contributed by atoms with Gasteiger partial charge in [0.25, 0.3) is 5.56 Å². The first-order valence-corrected chi connectivity index (χ1v) is 7.95. The van der Waals surface area contributed by atoms with E-state index < -0.39 is 0 Å². The second-order valence-corrected chi connectivity index (χ2v) is 5.68. The Morgan fingerprint density at radius 2 is 1.95 bits per heavy atom. The van der Waals surface area contributed by atoms with Gasteiger partial charge in [-0.2, -0.15) is 0 Å². The maximum absolute atomic E-state index is 11.9. The topological polar surface area (TPSA) is 55.0 Å². The molecule has 20 heavy (non-hydrogen) atoms. The van der Waals surface area contributed by atoms with Crippen LogP contribution in [0.25, 0.3) is 0 Å². The van der Waals surface area contributed by atoms with E-state index in [9.17, 15) is 4.79 Å². The number of aromatic amines is 1. The summed E-state index contributed by atoms with van der Waals surface area (Å²) in [4.78, 5) is 19.5. The number of ether oxygens (including phenoxy) is 1. The lowest BCUT2D eigenvalue weighted by molar-refractivity contribution is -0.0627. The average Bonchev–Trinajstić information content (AvgIpc) is 2.65. The maximum atomic E-state index is 11.9. The van der Waals surface area contributed by atoms with E-state index in [0.717, 1.165) is 50.0 Å². The minimum Gasteiger partial charge on any atom is -0.367 e. The lowest BCUT2D eigenvalue weighted by Gasteiger charge is -2.31. The molecule has 0 atom stereocenters. The smallest absolute Gasteiger partial charge is 0.251 e. The van der Waals surface area contributed by atoms with E-state index in [2.05, 4.69) is 11.9 Å². The molecule has 1 aromatic rings. The first kappa shape index (κ1) is 15.2. The van der Waals surface area contributed by atoms with Gasteiger partial charge in [0.1, 0.15) is 11.4 Å². The Morgan fingerprint density at radius 1 is 1.25 bits per heavy atom. The van der Waals surface area contributed by atoms with E-state index in [4.69, 9.17) is 9.72 Å². The highest BCUT2D eigenvalue weighted by Gasteiger charge is 2.36. The fourth-order valence-electron chi connectivity index (χ4n) is 3.13. The van der Waals surface area contributed by atoms with Gasteiger partial charge in [-0.1, -0.05) is 39.0 Å². The van der Waals surface area contributed by atoms with Gasteiger partial charge in [0.15, 0.2) is 0 Å². The van der Waals surface area contributed by atoms with Crippen LogP contribution in [0.5, 0.6) is 0 Å². The summed E-state index contributed by atoms with van der Waals surface area (Å²) in [5.74, 6) is 0.747. The minimum absolute atomic E-state index is 0.0539. The van der Waals surface area contributed by atoms with Gasteiger partial charge < -0.3 is 9.72 Å². The first-order chi connectivity index (χ1) is 9.70. The highest BCUT2D eigenvalue weighted by molar-refractivity contribution is 5.10. The second-order valence-electron chi connectivity index (χ2n) is 5.68. The normalized spacial score (nSPS) is 18.7. The molecule has 1 saturated carbocycles. The molecule has 112 valence electrons. The molecule has 1 fully saturated rings. The van der Waals surface area contributed by atoms with Crippen molar-refractivity contribution in [2.75, 3.05) is 6.61 Å². The summed E-state index contributed by atoms with van der Waals surface area (Å²) >= 11 is 0. The number of nitrogens with one attached hydrogen (secondary N) is 1. The van der Waals surface area contributed by atoms with Gasteiger partial charge in [-0.15, -0.1) is 0 Å². The minimum atomic E-state index is -0.381. The quantitative estimate of drug-likeness (QED) is 0.841. The van der Waals surface area contributed by atoms with Crippen LogP contribution in [-0.4, -0.2) is 16.6 Å². The van der Waals surface area contributed by atoms with Gasteiger partial charge in [-0.25, -0.2) is 4.98 Å². The molecule has 1 N–H and O–H groups in total. The van der Waals surface area contributed by atoms with Gasteiger partial charge in [0.05, 0.1) is 0 Å². The van der Waals surface area contributed by atoms with Crippen LogP contribution in [0.1, 0.15) is 70.3 Å². The summed E-state index contributed by atoms with van der Waals surface area (Å²) in [6.45, 7) is 4.77. The monoisotopic (exact) mass is 278 g/mol. The third kappa shape index (κ3) is 3.48. The molecule has 1 heterocycles. The van der Waals surface area contributed by atoms with Crippen molar-refractivity contribution in [3.63, 3.8) is 0 Å². The largest absolute Gasteiger partial charge is 0.367 e. The van der Waals surface area contributed by atoms with Crippen molar-refractivity contribution in [3.05, 3.63) is 27.9 Å². The number of aryl methyl sites for hydroxylation is 1. The molecule has 0 spiro atoms. The molecule has 4 heteroatoms. The molecule has 0 amide bonds. The third-order valence-corrected chi connectivity index (χ3v) is 4.06. The second kappa shape index (κ2) is 7.02. The highest BCUT2D eigenvalue weighted by atomic mass is 16.5. The number of nitrogens with zero attached hydrogens (tertiary/aromatic N) is 1. The summed E-state index contributed by atoms with van der Waals surface area (Å²) in [5.41, 5.74) is 0.449. The highest BCUT2D eigenvalue weighted by Crippen LogP contribution is 2.37. The van der Waals surface area contributed by atoms with E-state index in [1.54, 1.807) is 6.07 Å². The molecule has 0 unspecified atom stereocenters. The SMILES string of the molecule is CCCc1cc(=O)[nH]c(C2(OCC)CCCCCC2)n1. The van der Waals surface area contributed by atoms with Crippen molar-refractivity contribution in [3.8, 4) is 0 Å². The number of aromatic nitrogens is 2. The Morgan fingerprint density at radius 3 is 2.55 bits per heavy atom. The molecular formula is C16H26N2O2. The van der Waals surface area contributed by atoms with Gasteiger partial charge in [-0.3, -0.25) is 4.79 Å². The van der Waals surface area contributed by atoms with Crippen molar-refractivity contribution in [1.82, 2.24) is 9.97 Å². The zero-order valence-corrected chi connectivity index (χ0v) is 12.7. The van der Waals surface area contributed by atoms with Crippen LogP contribution in [0.2, 0.25) is 0 Å². The number of rotatable bonds is 5. The van der Waals surface area contributed by atoms with Gasteiger partial charge in [0.2, 0.25) is 0 Å². The van der Waals surface area contributed by atoms with Crippen molar-refractivity contribution >= 4 is 0 Å². The first-order valence-electron chi connectivity index (χ1n) is 7.95. The third-order valence-electron chi connectivity index (χ3n) is 4.06. The van der Waals surface area contributed by atoms with Crippen molar-refractivity contribution in [2.45, 2.75) is 70.8 Å². The molecule has 2 rings (SSSR count). The van der Waals surface area contributed by atoms with E-state index in [-0.39, 0.29) is 11.2 Å². The average molecular weight is 278 g/mol. The summed E-state index contributed by atoms with van der Waals surface area (Å²) in [5, 5.41) is 0. The standard InChI is InChI=1S/C16H26N2O2/c1-3-9-13-12-14(19)18-15(17-13)16(20-4-2)10-7-5-6-8-11-16/h12H,3-11H2,1-2H3,(H,17,18,19). The molecule has 1 aromatic heterocycles. The molecule has 1 aliphatic carbocycles. The summed E-state index contributed by atoms with van der Waals surface area (Å²) in [6.07, 6.45) is 8.53. The Bertz CT molecular complexity index is 474. The van der Waals surface area contributed by atoms with Gasteiger partial charge >= 0.3 is 0 Å². The van der Waals surface area contributed by atoms with Crippen LogP contribution >= 0.6 is 0 Å². The predicted octanol–water partition coefficient (Wildman–Crippen LogP) is 3.31. The van der Waals surface area contributed by atoms with Crippen LogP contribution in [0.4, 0.5) is 0 Å². The van der Waals surface area contributed by atoms with Crippen LogP contribution in [0.3, 0.4) is 0 Å². The van der Waals surface area contributed by atoms with Crippen molar-refractivity contribution < 1.29 is 4.74 Å². The summed E-state index contributed by atoms with van der Waals surface area (Å²) in [7, 11) is 0. The van der Waals surface area contributed by atoms with Crippen LogP contribution < -0.4 is 5.56 Å². The molecule has 0 aliphatic heterocycles. The Hall–Kier alpha value is -1.16. The van der Waals surface area contributed by atoms with E-state index in [1.165, 1.54) is 12.8 Å². The Kier molecular flexibility index (Phi) is 5.35. The number of hydrogen-bond donors (Lipinski definition) is 1. The number of hydrogen-bond acceptors (Lipinski definition) is 3. The van der Waals surface area contributed by atoms with E-state index >= 15 is 0 Å². The summed E-state index contributed by atoms with van der Waals surface area (Å²) in [6, 6.07) is 1.61. The fourth-order valence-corrected chi connectivity index (χ4v) is 3.13.